The smallest absolute Gasteiger partial charge is 0.289 e. The van der Waals surface area contributed by atoms with Gasteiger partial charge in [-0.25, -0.2) is 8.42 Å². The first-order valence-corrected chi connectivity index (χ1v) is 12.8. The molecular formula is C26H25N3O5S. The average Bonchev–Trinajstić information content (AvgIpc) is 3.55. The van der Waals surface area contributed by atoms with Crippen molar-refractivity contribution in [3.63, 3.8) is 0 Å². The quantitative estimate of drug-likeness (QED) is 0.409. The molecule has 1 amide bonds. The molecule has 1 saturated heterocycles. The highest BCUT2D eigenvalue weighted by Gasteiger charge is 2.34. The van der Waals surface area contributed by atoms with E-state index in [0.717, 1.165) is 11.1 Å². The zero-order chi connectivity index (χ0) is 24.6. The molecule has 9 heteroatoms. The van der Waals surface area contributed by atoms with E-state index in [4.69, 9.17) is 8.83 Å². The van der Waals surface area contributed by atoms with Crippen LogP contribution in [0, 0.1) is 13.8 Å². The molecule has 0 aliphatic carbocycles. The van der Waals surface area contributed by atoms with Crippen molar-refractivity contribution in [2.75, 3.05) is 31.1 Å². The van der Waals surface area contributed by atoms with Gasteiger partial charge in [0.1, 0.15) is 0 Å². The maximum atomic E-state index is 13.6. The molecule has 0 N–H and O–H groups in total. The van der Waals surface area contributed by atoms with Gasteiger partial charge in [0.2, 0.25) is 26.6 Å². The second-order valence-electron chi connectivity index (χ2n) is 8.57. The molecule has 0 spiro atoms. The maximum Gasteiger partial charge on any atom is 0.289 e. The van der Waals surface area contributed by atoms with Crippen molar-refractivity contribution >= 4 is 21.6 Å². The molecule has 0 radical (unpaired) electrons. The summed E-state index contributed by atoms with van der Waals surface area (Å²) in [7, 11) is -3.94. The standard InChI is InChI=1S/C26H25N3O5S/c1-18-8-10-21(11-9-18)35(31,32)24-26(34-23(27-24)20-6-3-5-19(2)17-20)29-14-12-28(13-15-29)25(30)22-7-4-16-33-22/h3-11,16-17H,12-15H2,1-2H3. The van der Waals surface area contributed by atoms with Crippen molar-refractivity contribution in [1.29, 1.82) is 0 Å². The van der Waals surface area contributed by atoms with E-state index in [1.807, 2.05) is 43.0 Å². The van der Waals surface area contributed by atoms with Gasteiger partial charge < -0.3 is 18.6 Å². The number of rotatable bonds is 5. The van der Waals surface area contributed by atoms with Crippen LogP contribution in [0.15, 0.2) is 85.7 Å². The van der Waals surface area contributed by atoms with E-state index in [1.165, 1.54) is 6.26 Å². The van der Waals surface area contributed by atoms with Crippen LogP contribution in [0.25, 0.3) is 11.5 Å². The van der Waals surface area contributed by atoms with Gasteiger partial charge in [0.15, 0.2) is 5.76 Å². The van der Waals surface area contributed by atoms with Crippen molar-refractivity contribution in [3.05, 3.63) is 83.8 Å². The second kappa shape index (κ2) is 9.07. The number of anilines is 1. The number of carbonyl (C=O) groups is 1. The molecule has 3 heterocycles. The number of hydrogen-bond acceptors (Lipinski definition) is 7. The van der Waals surface area contributed by atoms with Crippen LogP contribution in [0.4, 0.5) is 5.88 Å². The summed E-state index contributed by atoms with van der Waals surface area (Å²) in [6, 6.07) is 17.5. The number of benzene rings is 2. The van der Waals surface area contributed by atoms with E-state index in [-0.39, 0.29) is 33.4 Å². The summed E-state index contributed by atoms with van der Waals surface area (Å²) in [5.41, 5.74) is 2.67. The minimum atomic E-state index is -3.94. The molecule has 180 valence electrons. The third-order valence-corrected chi connectivity index (χ3v) is 7.68. The minimum absolute atomic E-state index is 0.122. The Hall–Kier alpha value is -3.85. The summed E-state index contributed by atoms with van der Waals surface area (Å²) >= 11 is 0. The zero-order valence-corrected chi connectivity index (χ0v) is 20.3. The largest absolute Gasteiger partial charge is 0.459 e. The zero-order valence-electron chi connectivity index (χ0n) is 19.5. The number of sulfone groups is 1. The number of nitrogens with zero attached hydrogens (tertiary/aromatic N) is 3. The first-order valence-electron chi connectivity index (χ1n) is 11.3. The number of piperazine rings is 1. The van der Waals surface area contributed by atoms with Crippen LogP contribution in [0.5, 0.6) is 0 Å². The van der Waals surface area contributed by atoms with Gasteiger partial charge in [-0.3, -0.25) is 4.79 Å². The van der Waals surface area contributed by atoms with Crippen molar-refractivity contribution in [2.24, 2.45) is 0 Å². The normalized spacial score (nSPS) is 14.3. The summed E-state index contributed by atoms with van der Waals surface area (Å²) in [6.45, 7) is 5.43. The van der Waals surface area contributed by atoms with Gasteiger partial charge in [-0.15, -0.1) is 0 Å². The average molecular weight is 492 g/mol. The highest BCUT2D eigenvalue weighted by Crippen LogP contribution is 2.35. The SMILES string of the molecule is Cc1ccc(S(=O)(=O)c2nc(-c3cccc(C)c3)oc2N2CCN(C(=O)c3ccco3)CC2)cc1. The topological polar surface area (TPSA) is 96.9 Å². The number of carbonyl (C=O) groups excluding carboxylic acids is 1. The van der Waals surface area contributed by atoms with Crippen molar-refractivity contribution in [2.45, 2.75) is 23.8 Å². The van der Waals surface area contributed by atoms with Crippen LogP contribution in [-0.2, 0) is 9.84 Å². The van der Waals surface area contributed by atoms with Crippen LogP contribution in [0.2, 0.25) is 0 Å². The molecule has 35 heavy (non-hydrogen) atoms. The molecule has 1 aliphatic heterocycles. The molecule has 2 aromatic heterocycles. The summed E-state index contributed by atoms with van der Waals surface area (Å²) in [6.07, 6.45) is 1.47. The number of amides is 1. The third-order valence-electron chi connectivity index (χ3n) is 6.02. The van der Waals surface area contributed by atoms with E-state index < -0.39 is 9.84 Å². The molecule has 2 aromatic carbocycles. The Kier molecular flexibility index (Phi) is 5.94. The molecular weight excluding hydrogens is 466 g/mol. The summed E-state index contributed by atoms with van der Waals surface area (Å²) in [5.74, 6) is 0.512. The van der Waals surface area contributed by atoms with Gasteiger partial charge in [0.05, 0.1) is 11.2 Å². The van der Waals surface area contributed by atoms with Crippen LogP contribution < -0.4 is 4.90 Å². The van der Waals surface area contributed by atoms with Crippen molar-refractivity contribution in [1.82, 2.24) is 9.88 Å². The molecule has 0 atom stereocenters. The third kappa shape index (κ3) is 4.46. The Morgan fingerprint density at radius 3 is 2.31 bits per heavy atom. The molecule has 5 rings (SSSR count). The van der Waals surface area contributed by atoms with E-state index in [2.05, 4.69) is 4.98 Å². The molecule has 4 aromatic rings. The lowest BCUT2D eigenvalue weighted by atomic mass is 10.1. The van der Waals surface area contributed by atoms with Gasteiger partial charge in [-0.1, -0.05) is 35.4 Å². The van der Waals surface area contributed by atoms with Gasteiger partial charge in [-0.05, 0) is 50.2 Å². The molecule has 1 fully saturated rings. The van der Waals surface area contributed by atoms with Gasteiger partial charge in [0.25, 0.3) is 5.91 Å². The molecule has 0 saturated carbocycles. The number of hydrogen-bond donors (Lipinski definition) is 0. The Morgan fingerprint density at radius 2 is 1.66 bits per heavy atom. The van der Waals surface area contributed by atoms with Gasteiger partial charge in [0, 0.05) is 31.7 Å². The fourth-order valence-corrected chi connectivity index (χ4v) is 5.39. The van der Waals surface area contributed by atoms with Crippen LogP contribution in [0.3, 0.4) is 0 Å². The van der Waals surface area contributed by atoms with Crippen LogP contribution >= 0.6 is 0 Å². The summed E-state index contributed by atoms with van der Waals surface area (Å²) in [4.78, 5) is 20.8. The van der Waals surface area contributed by atoms with Gasteiger partial charge >= 0.3 is 0 Å². The van der Waals surface area contributed by atoms with E-state index in [0.29, 0.717) is 31.7 Å². The van der Waals surface area contributed by atoms with E-state index in [1.54, 1.807) is 41.3 Å². The second-order valence-corrected chi connectivity index (χ2v) is 10.4. The predicted octanol–water partition coefficient (Wildman–Crippen LogP) is 4.35. The van der Waals surface area contributed by atoms with E-state index >= 15 is 0 Å². The molecule has 0 bridgehead atoms. The lowest BCUT2D eigenvalue weighted by Gasteiger charge is -2.34. The molecule has 1 aliphatic rings. The Labute approximate surface area is 203 Å². The molecule has 8 nitrogen and oxygen atoms in total. The number of oxazole rings is 1. The van der Waals surface area contributed by atoms with Crippen LogP contribution in [-0.4, -0.2) is 50.4 Å². The lowest BCUT2D eigenvalue weighted by molar-refractivity contribution is 0.0713. The summed E-state index contributed by atoms with van der Waals surface area (Å²) < 4.78 is 38.6. The molecule has 0 unspecified atom stereocenters. The fraction of sp³-hybridized carbons (Fsp3) is 0.231. The lowest BCUT2D eigenvalue weighted by Crippen LogP contribution is -2.49. The Bertz CT molecular complexity index is 1450. The highest BCUT2D eigenvalue weighted by molar-refractivity contribution is 7.91. The maximum absolute atomic E-state index is 13.6. The number of aromatic nitrogens is 1. The first kappa shape index (κ1) is 22.9. The fourth-order valence-electron chi connectivity index (χ4n) is 4.07. The minimum Gasteiger partial charge on any atom is -0.459 e. The van der Waals surface area contributed by atoms with Gasteiger partial charge in [-0.2, -0.15) is 4.98 Å². The number of furan rings is 1. The Morgan fingerprint density at radius 1 is 0.914 bits per heavy atom. The van der Waals surface area contributed by atoms with Crippen LogP contribution in [0.1, 0.15) is 21.7 Å². The summed E-state index contributed by atoms with van der Waals surface area (Å²) in [5, 5.41) is -0.122. The van der Waals surface area contributed by atoms with E-state index in [9.17, 15) is 13.2 Å². The van der Waals surface area contributed by atoms with Crippen molar-refractivity contribution < 1.29 is 22.0 Å². The highest BCUT2D eigenvalue weighted by atomic mass is 32.2. The predicted molar refractivity (Wildman–Crippen MR) is 130 cm³/mol. The first-order chi connectivity index (χ1) is 16.8. The monoisotopic (exact) mass is 491 g/mol. The number of aryl methyl sites for hydroxylation is 2. The Balaban J connectivity index is 1.50. The van der Waals surface area contributed by atoms with Crippen molar-refractivity contribution in [3.8, 4) is 11.5 Å².